The van der Waals surface area contributed by atoms with E-state index in [4.69, 9.17) is 26.1 Å². The van der Waals surface area contributed by atoms with E-state index in [0.29, 0.717) is 29.7 Å². The van der Waals surface area contributed by atoms with Crippen LogP contribution in [0.15, 0.2) is 59.0 Å². The molecule has 2 aliphatic rings. The second-order valence-corrected chi connectivity index (χ2v) is 21.3. The third-order valence-corrected chi connectivity index (χ3v) is 14.9. The summed E-state index contributed by atoms with van der Waals surface area (Å²) >= 11 is 9.46. The van der Waals surface area contributed by atoms with Crippen LogP contribution in [0.2, 0.25) is 5.02 Å². The van der Waals surface area contributed by atoms with Crippen LogP contribution in [-0.4, -0.2) is 116 Å². The number of thiazole rings is 1. The van der Waals surface area contributed by atoms with Gasteiger partial charge in [0.15, 0.2) is 5.82 Å². The minimum atomic E-state index is -1.00. The van der Waals surface area contributed by atoms with Gasteiger partial charge in [-0.1, -0.05) is 68.8 Å². The number of aryl methyl sites for hydroxylation is 3. The summed E-state index contributed by atoms with van der Waals surface area (Å²) in [4.78, 5) is 67.8. The summed E-state index contributed by atoms with van der Waals surface area (Å²) in [5, 5.41) is 30.0. The van der Waals surface area contributed by atoms with E-state index in [0.717, 1.165) is 54.0 Å². The molecule has 16 nitrogen and oxygen atoms in total. The Bertz CT molecular complexity index is 2670. The number of carbonyl (C=O) groups excluding carboxylic acids is 4. The van der Waals surface area contributed by atoms with Crippen molar-refractivity contribution in [3.8, 4) is 15.4 Å². The summed E-state index contributed by atoms with van der Waals surface area (Å²) in [6.45, 7) is 18.0. The maximum Gasteiger partial charge on any atom is 0.249 e. The van der Waals surface area contributed by atoms with Crippen LogP contribution in [0.5, 0.6) is 0 Å². The standard InChI is InChI=1S/C50H62ClN9O7S2/c1-27-31(5)69-49-41(27)42(34-15-17-36(51)18-16-34)55-38(45-58-57-32(6)60(45)49)24-40(62)52-19-22-66-20-10-21-67-30(4)46(63)56-44(50(7,8)9)48(65)59-25-37(61)23-39(59)47(64)54-28(2)33-11-13-35(14-12-33)43-29(3)53-26-68-43/h11-18,26,28,30,37-39,44,61H,10,19-25H2,1-9H3,(H,52,62)(H,54,64)(H,56,63)/t28-,30+,37+,38-,39-,44+/m0/s1. The number of nitrogens with one attached hydrogen (secondary N) is 3. The highest BCUT2D eigenvalue weighted by Gasteiger charge is 2.45. The third-order valence-electron chi connectivity index (χ3n) is 12.5. The minimum Gasteiger partial charge on any atom is -0.391 e. The Balaban J connectivity index is 0.855. The first-order valence-electron chi connectivity index (χ1n) is 23.2. The number of nitrogens with zero attached hydrogens (tertiary/aromatic N) is 6. The molecule has 368 valence electrons. The number of rotatable bonds is 18. The zero-order valence-electron chi connectivity index (χ0n) is 40.6. The SMILES string of the molecule is Cc1ncsc1-c1ccc([C@H](C)NC(=O)[C@@H]2C[C@@H](O)CN2C(=O)[C@@H](NC(=O)[C@@H](C)OCCCOCCNC(=O)C[C@@H]2N=C(c3ccc(Cl)cc3)c3c(sc(C)c3C)-n3c(C)nnc32)C(C)(C)C)cc1. The topological polar surface area (TPSA) is 202 Å². The van der Waals surface area contributed by atoms with Crippen molar-refractivity contribution in [2.24, 2.45) is 10.4 Å². The van der Waals surface area contributed by atoms with Crippen LogP contribution < -0.4 is 16.0 Å². The number of amides is 4. The van der Waals surface area contributed by atoms with E-state index >= 15 is 0 Å². The Morgan fingerprint density at radius 2 is 1.65 bits per heavy atom. The molecule has 4 amide bonds. The first-order valence-corrected chi connectivity index (χ1v) is 25.3. The summed E-state index contributed by atoms with van der Waals surface area (Å²) < 4.78 is 13.6. The molecular weight excluding hydrogens is 938 g/mol. The average molecular weight is 1000 g/mol. The van der Waals surface area contributed by atoms with E-state index in [2.05, 4.69) is 45.0 Å². The van der Waals surface area contributed by atoms with Gasteiger partial charge in [-0.15, -0.1) is 32.9 Å². The normalized spacial score (nSPS) is 18.1. The van der Waals surface area contributed by atoms with Crippen molar-refractivity contribution in [3.05, 3.63) is 104 Å². The summed E-state index contributed by atoms with van der Waals surface area (Å²) in [5.41, 5.74) is 7.74. The zero-order chi connectivity index (χ0) is 49.7. The minimum absolute atomic E-state index is 0.0346. The number of aliphatic hydroxyl groups excluding tert-OH is 1. The lowest BCUT2D eigenvalue weighted by atomic mass is 9.85. The van der Waals surface area contributed by atoms with Gasteiger partial charge in [0.2, 0.25) is 23.6 Å². The van der Waals surface area contributed by atoms with Crippen LogP contribution in [0.25, 0.3) is 15.4 Å². The maximum atomic E-state index is 14.2. The number of carbonyl (C=O) groups is 4. The van der Waals surface area contributed by atoms with Gasteiger partial charge in [-0.25, -0.2) is 4.98 Å². The summed E-state index contributed by atoms with van der Waals surface area (Å²) in [7, 11) is 0. The number of benzene rings is 2. The molecule has 0 unspecified atom stereocenters. The molecule has 1 saturated heterocycles. The van der Waals surface area contributed by atoms with Gasteiger partial charge in [0.25, 0.3) is 0 Å². The summed E-state index contributed by atoms with van der Waals surface area (Å²) in [6, 6.07) is 12.6. The van der Waals surface area contributed by atoms with Gasteiger partial charge in [0, 0.05) is 53.8 Å². The van der Waals surface area contributed by atoms with Crippen molar-refractivity contribution in [1.29, 1.82) is 0 Å². The number of likely N-dealkylation sites (tertiary alicyclic amines) is 1. The Kier molecular flexibility index (Phi) is 16.5. The van der Waals surface area contributed by atoms with E-state index in [1.54, 1.807) is 29.6 Å². The van der Waals surface area contributed by atoms with E-state index < -0.39 is 47.6 Å². The van der Waals surface area contributed by atoms with Crippen LogP contribution in [0.3, 0.4) is 0 Å². The molecule has 69 heavy (non-hydrogen) atoms. The third kappa shape index (κ3) is 12.0. The van der Waals surface area contributed by atoms with Gasteiger partial charge < -0.3 is 35.4 Å². The van der Waals surface area contributed by atoms with Gasteiger partial charge >= 0.3 is 0 Å². The number of aliphatic hydroxyl groups is 1. The highest BCUT2D eigenvalue weighted by molar-refractivity contribution is 7.15. The molecule has 0 spiro atoms. The van der Waals surface area contributed by atoms with Crippen LogP contribution >= 0.6 is 34.3 Å². The number of ether oxygens (including phenoxy) is 2. The van der Waals surface area contributed by atoms with Crippen molar-refractivity contribution in [2.45, 2.75) is 118 Å². The monoisotopic (exact) mass is 999 g/mol. The van der Waals surface area contributed by atoms with Crippen LogP contribution in [0, 0.1) is 33.1 Å². The molecule has 3 aromatic heterocycles. The van der Waals surface area contributed by atoms with Crippen LogP contribution in [0.4, 0.5) is 0 Å². The molecule has 5 heterocycles. The lowest BCUT2D eigenvalue weighted by Crippen LogP contribution is -2.59. The fourth-order valence-electron chi connectivity index (χ4n) is 8.52. The van der Waals surface area contributed by atoms with Crippen molar-refractivity contribution in [1.82, 2.24) is 40.6 Å². The zero-order valence-corrected chi connectivity index (χ0v) is 43.0. The molecule has 0 saturated carbocycles. The number of hydrogen-bond donors (Lipinski definition) is 4. The van der Waals surface area contributed by atoms with Gasteiger partial charge in [-0.2, -0.15) is 0 Å². The molecule has 6 atom stereocenters. The molecule has 7 rings (SSSR count). The Labute approximate surface area is 416 Å². The van der Waals surface area contributed by atoms with Gasteiger partial charge in [-0.3, -0.25) is 28.7 Å². The van der Waals surface area contributed by atoms with Crippen LogP contribution in [0.1, 0.15) is 110 Å². The van der Waals surface area contributed by atoms with Gasteiger partial charge in [0.05, 0.1) is 47.0 Å². The second-order valence-electron chi connectivity index (χ2n) is 18.8. The van der Waals surface area contributed by atoms with Gasteiger partial charge in [0.1, 0.15) is 35.1 Å². The fourth-order valence-corrected chi connectivity index (χ4v) is 10.7. The van der Waals surface area contributed by atoms with Crippen molar-refractivity contribution < 1.29 is 33.8 Å². The van der Waals surface area contributed by atoms with E-state index in [-0.39, 0.29) is 57.0 Å². The number of aliphatic imine (C=N–C) groups is 1. The number of hydrogen-bond acceptors (Lipinski definition) is 13. The molecule has 1 fully saturated rings. The Morgan fingerprint density at radius 1 is 0.942 bits per heavy atom. The predicted octanol–water partition coefficient (Wildman–Crippen LogP) is 6.92. The predicted molar refractivity (Wildman–Crippen MR) is 268 cm³/mol. The Morgan fingerprint density at radius 3 is 2.33 bits per heavy atom. The quantitative estimate of drug-likeness (QED) is 0.0668. The molecule has 0 bridgehead atoms. The van der Waals surface area contributed by atoms with E-state index in [1.807, 2.05) is 100 Å². The highest BCUT2D eigenvalue weighted by atomic mass is 35.5. The molecule has 4 N–H and O–H groups in total. The number of thiophene rings is 1. The van der Waals surface area contributed by atoms with Crippen molar-refractivity contribution in [2.75, 3.05) is 32.9 Å². The number of β-amino-alcohol motifs (C(OH)–C–C–N with tert-alkyl or cyclic N) is 1. The largest absolute Gasteiger partial charge is 0.391 e. The smallest absolute Gasteiger partial charge is 0.249 e. The number of halogens is 1. The molecule has 0 radical (unpaired) electrons. The first kappa shape index (κ1) is 51.5. The van der Waals surface area contributed by atoms with E-state index in [9.17, 15) is 24.3 Å². The lowest BCUT2D eigenvalue weighted by Gasteiger charge is -2.36. The molecule has 5 aromatic rings. The van der Waals surface area contributed by atoms with Crippen molar-refractivity contribution in [3.63, 3.8) is 0 Å². The average Bonchev–Trinajstić information content (AvgIpc) is 4.08. The number of aromatic nitrogens is 4. The lowest BCUT2D eigenvalue weighted by molar-refractivity contribution is -0.146. The van der Waals surface area contributed by atoms with Crippen LogP contribution in [-0.2, 0) is 28.7 Å². The highest BCUT2D eigenvalue weighted by Crippen LogP contribution is 2.40. The fraction of sp³-hybridized carbons (Fsp3) is 0.480. The molecule has 19 heteroatoms. The van der Waals surface area contributed by atoms with E-state index in [1.165, 1.54) is 4.90 Å². The first-order chi connectivity index (χ1) is 32.8. The molecule has 2 aromatic carbocycles. The molecular formula is C50H62ClN9O7S2. The summed E-state index contributed by atoms with van der Waals surface area (Å²) in [6.07, 6.45) is -1.18. The maximum absolute atomic E-state index is 14.2. The van der Waals surface area contributed by atoms with Crippen molar-refractivity contribution >= 4 is 63.6 Å². The van der Waals surface area contributed by atoms with Gasteiger partial charge in [-0.05, 0) is 82.2 Å². The molecule has 0 aliphatic carbocycles. The number of fused-ring (bicyclic) bond motifs is 3. The summed E-state index contributed by atoms with van der Waals surface area (Å²) in [5.74, 6) is -0.219. The second kappa shape index (κ2) is 22.2. The molecule has 2 aliphatic heterocycles. The Hall–Kier alpha value is -5.37.